The fourth-order valence-corrected chi connectivity index (χ4v) is 3.12. The maximum Gasteiger partial charge on any atom is 0.258 e. The van der Waals surface area contributed by atoms with E-state index in [0.29, 0.717) is 42.0 Å². The van der Waals surface area contributed by atoms with Crippen LogP contribution in [0.2, 0.25) is 0 Å². The maximum atomic E-state index is 13.0. The van der Waals surface area contributed by atoms with Gasteiger partial charge in [0.2, 0.25) is 0 Å². The minimum atomic E-state index is -0.297. The highest BCUT2D eigenvalue weighted by Crippen LogP contribution is 2.23. The van der Waals surface area contributed by atoms with Crippen LogP contribution in [-0.4, -0.2) is 69.8 Å². The van der Waals surface area contributed by atoms with Crippen molar-refractivity contribution in [1.82, 2.24) is 19.9 Å². The molecule has 130 valence electrons. The number of piperazine rings is 1. The normalized spacial score (nSPS) is 17.4. The van der Waals surface area contributed by atoms with Gasteiger partial charge in [0.15, 0.2) is 0 Å². The minimum absolute atomic E-state index is 0.00695. The number of hydrogen-bond acceptors (Lipinski definition) is 6. The van der Waals surface area contributed by atoms with Crippen molar-refractivity contribution in [3.05, 3.63) is 23.0 Å². The van der Waals surface area contributed by atoms with Crippen LogP contribution in [0.4, 0.5) is 0 Å². The molecule has 0 bridgehead atoms. The second-order valence-corrected chi connectivity index (χ2v) is 6.41. The first-order valence-corrected chi connectivity index (χ1v) is 8.43. The van der Waals surface area contributed by atoms with E-state index < -0.39 is 0 Å². The van der Waals surface area contributed by atoms with Crippen LogP contribution >= 0.6 is 0 Å². The molecule has 3 heterocycles. The van der Waals surface area contributed by atoms with Crippen LogP contribution in [-0.2, 0) is 0 Å². The summed E-state index contributed by atoms with van der Waals surface area (Å²) in [6.45, 7) is 9.18. The Morgan fingerprint density at radius 2 is 2.04 bits per heavy atom. The monoisotopic (exact) mass is 332 g/mol. The lowest BCUT2D eigenvalue weighted by Crippen LogP contribution is -2.50. The Balaban J connectivity index is 1.75. The molecule has 1 N–H and O–H groups in total. The molecule has 0 aromatic carbocycles. The summed E-state index contributed by atoms with van der Waals surface area (Å²) in [6, 6.07) is 1.81. The van der Waals surface area contributed by atoms with Gasteiger partial charge in [-0.25, -0.2) is 4.98 Å². The predicted octanol–water partition coefficient (Wildman–Crippen LogP) is 1.37. The first-order chi connectivity index (χ1) is 11.5. The van der Waals surface area contributed by atoms with E-state index in [0.717, 1.165) is 25.2 Å². The number of amides is 1. The highest BCUT2D eigenvalue weighted by Gasteiger charge is 2.26. The Kier molecular flexibility index (Phi) is 4.82. The molecule has 1 saturated heterocycles. The highest BCUT2D eigenvalue weighted by molar-refractivity contribution is 6.06. The maximum absolute atomic E-state index is 13.0. The number of nitrogens with zero attached hydrogens (tertiary/aromatic N) is 4. The number of pyridine rings is 1. The lowest BCUT2D eigenvalue weighted by molar-refractivity contribution is 0.0525. The third kappa shape index (κ3) is 3.27. The molecular weight excluding hydrogens is 308 g/mol. The molecule has 0 saturated carbocycles. The fraction of sp³-hybridized carbons (Fsp3) is 0.588. The van der Waals surface area contributed by atoms with Crippen LogP contribution in [0.3, 0.4) is 0 Å². The van der Waals surface area contributed by atoms with E-state index in [1.54, 1.807) is 0 Å². The van der Waals surface area contributed by atoms with Crippen molar-refractivity contribution in [3.63, 3.8) is 0 Å². The minimum Gasteiger partial charge on any atom is -0.392 e. The summed E-state index contributed by atoms with van der Waals surface area (Å²) in [4.78, 5) is 21.3. The molecule has 7 nitrogen and oxygen atoms in total. The van der Waals surface area contributed by atoms with E-state index in [4.69, 9.17) is 4.52 Å². The quantitative estimate of drug-likeness (QED) is 0.910. The van der Waals surface area contributed by atoms with E-state index in [2.05, 4.69) is 15.0 Å². The summed E-state index contributed by atoms with van der Waals surface area (Å²) >= 11 is 0. The van der Waals surface area contributed by atoms with Crippen LogP contribution in [0.5, 0.6) is 0 Å². The van der Waals surface area contributed by atoms with Crippen molar-refractivity contribution >= 4 is 17.0 Å². The molecule has 3 rings (SSSR count). The number of fused-ring (bicyclic) bond motifs is 1. The summed E-state index contributed by atoms with van der Waals surface area (Å²) in [7, 11) is 0. The van der Waals surface area contributed by atoms with Gasteiger partial charge in [0.05, 0.1) is 22.7 Å². The zero-order chi connectivity index (χ0) is 17.3. The van der Waals surface area contributed by atoms with Crippen molar-refractivity contribution < 1.29 is 14.4 Å². The fourth-order valence-electron chi connectivity index (χ4n) is 3.12. The molecule has 1 aliphatic rings. The second-order valence-electron chi connectivity index (χ2n) is 6.41. The van der Waals surface area contributed by atoms with E-state index >= 15 is 0 Å². The average molecular weight is 332 g/mol. The molecular formula is C17H24N4O3. The van der Waals surface area contributed by atoms with Crippen LogP contribution in [0.1, 0.15) is 35.1 Å². The summed E-state index contributed by atoms with van der Waals surface area (Å²) in [5, 5.41) is 14.4. The number of carbonyl (C=O) groups excluding carboxylic acids is 1. The van der Waals surface area contributed by atoms with Crippen molar-refractivity contribution in [1.29, 1.82) is 0 Å². The summed E-state index contributed by atoms with van der Waals surface area (Å²) < 4.78 is 5.21. The number of aliphatic hydroxyl groups excluding tert-OH is 1. The Morgan fingerprint density at radius 3 is 2.71 bits per heavy atom. The van der Waals surface area contributed by atoms with Gasteiger partial charge in [0, 0.05) is 38.4 Å². The molecule has 1 atom stereocenters. The van der Waals surface area contributed by atoms with Crippen LogP contribution in [0.15, 0.2) is 10.6 Å². The van der Waals surface area contributed by atoms with Crippen LogP contribution < -0.4 is 0 Å². The number of hydrogen-bond donors (Lipinski definition) is 1. The Labute approximate surface area is 141 Å². The Hall–Kier alpha value is -1.99. The Morgan fingerprint density at radius 1 is 1.33 bits per heavy atom. The van der Waals surface area contributed by atoms with Gasteiger partial charge in [-0.3, -0.25) is 9.69 Å². The number of β-amino-alcohol motifs (C(OH)–C–C–N with tert-alkyl or cyclic N) is 1. The second kappa shape index (κ2) is 6.86. The molecule has 1 amide bonds. The SMILES string of the molecule is CCC(O)CN1CCN(C(=O)c2cc(C)nc3onc(C)c23)CC1. The van der Waals surface area contributed by atoms with Crippen molar-refractivity contribution in [2.45, 2.75) is 33.3 Å². The molecule has 0 spiro atoms. The van der Waals surface area contributed by atoms with E-state index in [1.807, 2.05) is 31.7 Å². The summed E-state index contributed by atoms with van der Waals surface area (Å²) in [5.74, 6) is -0.00695. The van der Waals surface area contributed by atoms with Gasteiger partial charge >= 0.3 is 0 Å². The van der Waals surface area contributed by atoms with E-state index in [1.165, 1.54) is 0 Å². The predicted molar refractivity (Wildman–Crippen MR) is 89.9 cm³/mol. The third-order valence-corrected chi connectivity index (χ3v) is 4.58. The summed E-state index contributed by atoms with van der Waals surface area (Å²) in [6.07, 6.45) is 0.453. The largest absolute Gasteiger partial charge is 0.392 e. The smallest absolute Gasteiger partial charge is 0.258 e. The first kappa shape index (κ1) is 16.9. The van der Waals surface area contributed by atoms with Gasteiger partial charge in [-0.2, -0.15) is 0 Å². The molecule has 1 unspecified atom stereocenters. The number of aliphatic hydroxyl groups is 1. The summed E-state index contributed by atoms with van der Waals surface area (Å²) in [5.41, 5.74) is 2.45. The van der Waals surface area contributed by atoms with Crippen molar-refractivity contribution in [2.24, 2.45) is 0 Å². The van der Waals surface area contributed by atoms with E-state index in [9.17, 15) is 9.90 Å². The molecule has 1 aliphatic heterocycles. The zero-order valence-corrected chi connectivity index (χ0v) is 14.4. The molecule has 7 heteroatoms. The van der Waals surface area contributed by atoms with Gasteiger partial charge in [-0.1, -0.05) is 12.1 Å². The number of aromatic nitrogens is 2. The first-order valence-electron chi connectivity index (χ1n) is 8.43. The molecule has 2 aromatic rings. The molecule has 2 aromatic heterocycles. The standard InChI is InChI=1S/C17H24N4O3/c1-4-13(22)10-20-5-7-21(8-6-20)17(23)14-9-11(2)18-16-15(14)12(3)19-24-16/h9,13,22H,4-8,10H2,1-3H3. The van der Waals surface area contributed by atoms with Crippen LogP contribution in [0.25, 0.3) is 11.1 Å². The topological polar surface area (TPSA) is 82.7 Å². The highest BCUT2D eigenvalue weighted by atomic mass is 16.5. The Bertz CT molecular complexity index is 735. The zero-order valence-electron chi connectivity index (χ0n) is 14.4. The van der Waals surface area contributed by atoms with Gasteiger partial charge in [0.25, 0.3) is 11.6 Å². The third-order valence-electron chi connectivity index (χ3n) is 4.58. The number of carbonyl (C=O) groups is 1. The lowest BCUT2D eigenvalue weighted by atomic mass is 10.1. The van der Waals surface area contributed by atoms with Gasteiger partial charge < -0.3 is 14.5 Å². The van der Waals surface area contributed by atoms with E-state index in [-0.39, 0.29) is 12.0 Å². The molecule has 0 aliphatic carbocycles. The van der Waals surface area contributed by atoms with Crippen molar-refractivity contribution in [2.75, 3.05) is 32.7 Å². The molecule has 24 heavy (non-hydrogen) atoms. The van der Waals surface area contributed by atoms with Crippen molar-refractivity contribution in [3.8, 4) is 0 Å². The van der Waals surface area contributed by atoms with Gasteiger partial charge in [0.1, 0.15) is 0 Å². The molecule has 0 radical (unpaired) electrons. The van der Waals surface area contributed by atoms with Crippen LogP contribution in [0, 0.1) is 13.8 Å². The molecule has 1 fully saturated rings. The number of aryl methyl sites for hydroxylation is 2. The van der Waals surface area contributed by atoms with Gasteiger partial charge in [-0.05, 0) is 26.3 Å². The average Bonchev–Trinajstić information content (AvgIpc) is 2.95. The van der Waals surface area contributed by atoms with Gasteiger partial charge in [-0.15, -0.1) is 0 Å². The number of rotatable bonds is 4. The lowest BCUT2D eigenvalue weighted by Gasteiger charge is -2.35.